The average Bonchev–Trinajstić information content (AvgIpc) is 3.19. The molecule has 1 heterocycles. The van der Waals surface area contributed by atoms with Crippen LogP contribution in [0.1, 0.15) is 12.5 Å². The molecule has 4 rings (SSSR count). The van der Waals surface area contributed by atoms with Crippen molar-refractivity contribution in [1.29, 1.82) is 0 Å². The predicted molar refractivity (Wildman–Crippen MR) is 130 cm³/mol. The first kappa shape index (κ1) is 23.7. The second kappa shape index (κ2) is 9.06. The molecule has 0 aliphatic carbocycles. The van der Waals surface area contributed by atoms with Gasteiger partial charge in [0.05, 0.1) is 22.9 Å². The Morgan fingerprint density at radius 2 is 1.64 bits per heavy atom. The largest absolute Gasteiger partial charge is 0.492 e. The van der Waals surface area contributed by atoms with Crippen molar-refractivity contribution in [3.05, 3.63) is 76.3 Å². The van der Waals surface area contributed by atoms with Crippen molar-refractivity contribution in [3.8, 4) is 5.75 Å². The van der Waals surface area contributed by atoms with Crippen LogP contribution in [-0.4, -0.2) is 30.0 Å². The van der Waals surface area contributed by atoms with E-state index in [4.69, 9.17) is 27.9 Å². The highest BCUT2D eigenvalue weighted by atomic mass is 35.5. The number of benzene rings is 3. The van der Waals surface area contributed by atoms with E-state index in [1.807, 2.05) is 0 Å². The van der Waals surface area contributed by atoms with E-state index in [2.05, 4.69) is 4.72 Å². The first-order valence-electron chi connectivity index (χ1n) is 9.98. The number of rotatable bonds is 7. The van der Waals surface area contributed by atoms with Gasteiger partial charge in [-0.3, -0.25) is 9.03 Å². The molecule has 0 radical (unpaired) electrons. The second-order valence-electron chi connectivity index (χ2n) is 7.25. The van der Waals surface area contributed by atoms with Crippen molar-refractivity contribution < 1.29 is 21.6 Å². The highest BCUT2D eigenvalue weighted by Crippen LogP contribution is 2.36. The molecule has 0 aromatic heterocycles. The van der Waals surface area contributed by atoms with E-state index in [1.54, 1.807) is 25.1 Å². The van der Waals surface area contributed by atoms with Gasteiger partial charge >= 0.3 is 0 Å². The number of ether oxygens (including phenoxy) is 1. The minimum atomic E-state index is -4.06. The first-order chi connectivity index (χ1) is 15.6. The number of sulfonamides is 2. The zero-order valence-corrected chi connectivity index (χ0v) is 20.6. The summed E-state index contributed by atoms with van der Waals surface area (Å²) < 4.78 is 61.8. The van der Waals surface area contributed by atoms with Crippen molar-refractivity contribution in [3.63, 3.8) is 0 Å². The molecule has 33 heavy (non-hydrogen) atoms. The topological polar surface area (TPSA) is 92.8 Å². The summed E-state index contributed by atoms with van der Waals surface area (Å²) in [5, 5.41) is 0.674. The van der Waals surface area contributed by atoms with Crippen LogP contribution in [0.4, 0.5) is 11.4 Å². The van der Waals surface area contributed by atoms with Gasteiger partial charge in [0.15, 0.2) is 0 Å². The second-order valence-corrected chi connectivity index (χ2v) is 11.6. The fraction of sp³-hybridized carbons (Fsp3) is 0.182. The summed E-state index contributed by atoms with van der Waals surface area (Å²) in [5.41, 5.74) is 1.43. The van der Waals surface area contributed by atoms with Crippen molar-refractivity contribution in [2.24, 2.45) is 0 Å². The monoisotopic (exact) mass is 526 g/mol. The number of hydrogen-bond donors (Lipinski definition) is 1. The summed E-state index contributed by atoms with van der Waals surface area (Å²) >= 11 is 11.9. The molecule has 0 atom stereocenters. The fourth-order valence-electron chi connectivity index (χ4n) is 3.57. The molecule has 1 aliphatic rings. The molecular weight excluding hydrogens is 507 g/mol. The van der Waals surface area contributed by atoms with Crippen molar-refractivity contribution in [1.82, 2.24) is 0 Å². The van der Waals surface area contributed by atoms with Gasteiger partial charge < -0.3 is 4.74 Å². The quantitative estimate of drug-likeness (QED) is 0.470. The lowest BCUT2D eigenvalue weighted by molar-refractivity contribution is 0.331. The number of nitrogens with zero attached hydrogens (tertiary/aromatic N) is 1. The molecule has 0 amide bonds. The van der Waals surface area contributed by atoms with E-state index >= 15 is 0 Å². The van der Waals surface area contributed by atoms with Crippen molar-refractivity contribution >= 4 is 54.6 Å². The standard InChI is InChI=1S/C22H20Cl2N2O5S2/c1-2-31-21-10-6-17(24)13-22(21)32(27,28)25-18-7-3-15-11-12-26(20(15)14-18)33(29,30)19-8-4-16(23)5-9-19/h3-10,13-14,25H,2,11-12H2,1H3. The van der Waals surface area contributed by atoms with Gasteiger partial charge in [0.1, 0.15) is 10.6 Å². The number of hydrogen-bond acceptors (Lipinski definition) is 5. The average molecular weight is 527 g/mol. The highest BCUT2D eigenvalue weighted by molar-refractivity contribution is 7.93. The van der Waals surface area contributed by atoms with Gasteiger partial charge in [-0.2, -0.15) is 0 Å². The maximum absolute atomic E-state index is 13.2. The van der Waals surface area contributed by atoms with Gasteiger partial charge in [-0.25, -0.2) is 16.8 Å². The molecule has 174 valence electrons. The summed E-state index contributed by atoms with van der Waals surface area (Å²) in [6.07, 6.45) is 0.512. The van der Waals surface area contributed by atoms with Crippen LogP contribution in [0, 0.1) is 0 Å². The Bertz CT molecular complexity index is 1410. The van der Waals surface area contributed by atoms with Gasteiger partial charge in [-0.15, -0.1) is 0 Å². The van der Waals surface area contributed by atoms with Crippen LogP contribution < -0.4 is 13.8 Å². The van der Waals surface area contributed by atoms with E-state index < -0.39 is 20.0 Å². The Labute approximate surface area is 203 Å². The minimum Gasteiger partial charge on any atom is -0.492 e. The van der Waals surface area contributed by atoms with Gasteiger partial charge in [0, 0.05) is 16.6 Å². The van der Waals surface area contributed by atoms with Gasteiger partial charge in [0.2, 0.25) is 0 Å². The fourth-order valence-corrected chi connectivity index (χ4v) is 6.65. The third kappa shape index (κ3) is 4.77. The van der Waals surface area contributed by atoms with E-state index in [0.29, 0.717) is 17.1 Å². The molecule has 0 saturated carbocycles. The third-order valence-corrected chi connectivity index (χ3v) is 8.80. The maximum Gasteiger partial charge on any atom is 0.265 e. The van der Waals surface area contributed by atoms with Crippen molar-refractivity contribution in [2.45, 2.75) is 23.1 Å². The number of nitrogens with one attached hydrogen (secondary N) is 1. The molecule has 3 aromatic carbocycles. The van der Waals surface area contributed by atoms with Crippen LogP contribution in [0.2, 0.25) is 10.0 Å². The van der Waals surface area contributed by atoms with E-state index in [9.17, 15) is 16.8 Å². The summed E-state index contributed by atoms with van der Waals surface area (Å²) in [7, 11) is -7.90. The normalized spacial score (nSPS) is 13.6. The molecule has 0 bridgehead atoms. The Morgan fingerprint density at radius 3 is 2.33 bits per heavy atom. The van der Waals surface area contributed by atoms with Crippen LogP contribution >= 0.6 is 23.2 Å². The highest BCUT2D eigenvalue weighted by Gasteiger charge is 2.31. The Balaban J connectivity index is 1.68. The maximum atomic E-state index is 13.2. The Hall–Kier alpha value is -2.46. The first-order valence-corrected chi connectivity index (χ1v) is 13.7. The molecule has 0 spiro atoms. The lowest BCUT2D eigenvalue weighted by Gasteiger charge is -2.20. The molecule has 1 aliphatic heterocycles. The number of fused-ring (bicyclic) bond motifs is 1. The smallest absolute Gasteiger partial charge is 0.265 e. The lowest BCUT2D eigenvalue weighted by atomic mass is 10.1. The molecular formula is C22H20Cl2N2O5S2. The molecule has 0 unspecified atom stereocenters. The molecule has 1 N–H and O–H groups in total. The van der Waals surface area contributed by atoms with Crippen LogP contribution in [-0.2, 0) is 26.5 Å². The van der Waals surface area contributed by atoms with Crippen LogP contribution in [0.25, 0.3) is 0 Å². The van der Waals surface area contributed by atoms with E-state index in [1.165, 1.54) is 46.8 Å². The molecule has 7 nitrogen and oxygen atoms in total. The Kier molecular flexibility index (Phi) is 6.50. The summed E-state index contributed by atoms with van der Waals surface area (Å²) in [5.74, 6) is 0.169. The molecule has 3 aromatic rings. The zero-order chi connectivity index (χ0) is 23.8. The van der Waals surface area contributed by atoms with Crippen molar-refractivity contribution in [2.75, 3.05) is 22.2 Å². The van der Waals surface area contributed by atoms with E-state index in [0.717, 1.165) is 5.56 Å². The molecule has 0 saturated heterocycles. The summed E-state index contributed by atoms with van der Waals surface area (Å²) in [6, 6.07) is 15.1. The minimum absolute atomic E-state index is 0.103. The number of halogens is 2. The van der Waals surface area contributed by atoms with E-state index in [-0.39, 0.29) is 39.4 Å². The van der Waals surface area contributed by atoms with Gasteiger partial charge in [-0.1, -0.05) is 29.3 Å². The molecule has 11 heteroatoms. The van der Waals surface area contributed by atoms with Gasteiger partial charge in [-0.05, 0) is 73.5 Å². The van der Waals surface area contributed by atoms with Crippen LogP contribution in [0.5, 0.6) is 5.75 Å². The Morgan fingerprint density at radius 1 is 0.939 bits per heavy atom. The SMILES string of the molecule is CCOc1ccc(Cl)cc1S(=O)(=O)Nc1ccc2c(c1)N(S(=O)(=O)c1ccc(Cl)cc1)CC2. The predicted octanol–water partition coefficient (Wildman–Crippen LogP) is 4.94. The number of anilines is 2. The summed E-state index contributed by atoms with van der Waals surface area (Å²) in [6.45, 7) is 2.27. The van der Waals surface area contributed by atoms with Crippen LogP contribution in [0.3, 0.4) is 0 Å². The zero-order valence-electron chi connectivity index (χ0n) is 17.5. The van der Waals surface area contributed by atoms with Gasteiger partial charge in [0.25, 0.3) is 20.0 Å². The summed E-state index contributed by atoms with van der Waals surface area (Å²) in [4.78, 5) is -0.00555. The van der Waals surface area contributed by atoms with Crippen LogP contribution in [0.15, 0.2) is 70.5 Å². The third-order valence-electron chi connectivity index (χ3n) is 5.09. The lowest BCUT2D eigenvalue weighted by Crippen LogP contribution is -2.29. The molecule has 0 fully saturated rings.